The van der Waals surface area contributed by atoms with Gasteiger partial charge >= 0.3 is 0 Å². The van der Waals surface area contributed by atoms with Crippen molar-refractivity contribution in [2.24, 2.45) is 0 Å². The van der Waals surface area contributed by atoms with Crippen molar-refractivity contribution in [3.63, 3.8) is 0 Å². The predicted octanol–water partition coefficient (Wildman–Crippen LogP) is 2.72. The highest BCUT2D eigenvalue weighted by molar-refractivity contribution is 7.88. The van der Waals surface area contributed by atoms with Crippen LogP contribution in [0.1, 0.15) is 17.0 Å². The first kappa shape index (κ1) is 19.1. The Labute approximate surface area is 158 Å². The number of benzene rings is 2. The molecule has 0 aliphatic heterocycles. The van der Waals surface area contributed by atoms with Gasteiger partial charge < -0.3 is 9.15 Å². The van der Waals surface area contributed by atoms with E-state index < -0.39 is 10.0 Å². The van der Waals surface area contributed by atoms with E-state index in [-0.39, 0.29) is 12.3 Å². The van der Waals surface area contributed by atoms with Crippen LogP contribution in [0, 0.1) is 6.92 Å². The second kappa shape index (κ2) is 8.32. The molecule has 0 saturated heterocycles. The van der Waals surface area contributed by atoms with E-state index in [0.29, 0.717) is 29.5 Å². The number of hydrogen-bond acceptors (Lipinski definition) is 6. The van der Waals surface area contributed by atoms with Gasteiger partial charge in [0.05, 0.1) is 18.4 Å². The van der Waals surface area contributed by atoms with Crippen LogP contribution in [0.3, 0.4) is 0 Å². The van der Waals surface area contributed by atoms with E-state index in [1.807, 2.05) is 49.4 Å². The van der Waals surface area contributed by atoms with E-state index in [1.54, 1.807) is 13.2 Å². The van der Waals surface area contributed by atoms with Crippen molar-refractivity contribution in [3.05, 3.63) is 65.5 Å². The molecule has 0 aliphatic rings. The highest BCUT2D eigenvalue weighted by Crippen LogP contribution is 2.28. The van der Waals surface area contributed by atoms with Crippen LogP contribution in [-0.2, 0) is 22.2 Å². The van der Waals surface area contributed by atoms with Crippen LogP contribution < -0.4 is 9.46 Å². The first-order valence-corrected chi connectivity index (χ1v) is 10.1. The molecule has 0 saturated carbocycles. The van der Waals surface area contributed by atoms with Gasteiger partial charge in [0.15, 0.2) is 0 Å². The van der Waals surface area contributed by atoms with E-state index >= 15 is 0 Å². The van der Waals surface area contributed by atoms with Gasteiger partial charge in [0.2, 0.25) is 15.9 Å². The summed E-state index contributed by atoms with van der Waals surface area (Å²) < 4.78 is 37.8. The van der Waals surface area contributed by atoms with E-state index in [0.717, 1.165) is 11.1 Å². The van der Waals surface area contributed by atoms with E-state index in [4.69, 9.17) is 9.15 Å². The highest BCUT2D eigenvalue weighted by Gasteiger charge is 2.15. The Balaban J connectivity index is 1.58. The summed E-state index contributed by atoms with van der Waals surface area (Å²) in [5, 5.41) is 7.99. The largest absolute Gasteiger partial charge is 0.496 e. The molecular weight excluding hydrogens is 366 g/mol. The fourth-order valence-electron chi connectivity index (χ4n) is 2.55. The Kier molecular flexibility index (Phi) is 5.88. The summed E-state index contributed by atoms with van der Waals surface area (Å²) >= 11 is 0. The van der Waals surface area contributed by atoms with Gasteiger partial charge in [0, 0.05) is 13.0 Å². The Hall–Kier alpha value is -2.71. The number of hydrogen-bond donors (Lipinski definition) is 1. The number of aryl methyl sites for hydroxylation is 1. The minimum absolute atomic E-state index is 0.0659. The fourth-order valence-corrected chi connectivity index (χ4v) is 3.70. The van der Waals surface area contributed by atoms with Gasteiger partial charge in [-0.2, -0.15) is 0 Å². The molecule has 0 fully saturated rings. The summed E-state index contributed by atoms with van der Waals surface area (Å²) in [4.78, 5) is 0. The lowest BCUT2D eigenvalue weighted by atomic mass is 10.2. The van der Waals surface area contributed by atoms with Crippen LogP contribution in [0.15, 0.2) is 52.9 Å². The van der Waals surface area contributed by atoms with Gasteiger partial charge in [0.1, 0.15) is 5.75 Å². The van der Waals surface area contributed by atoms with Gasteiger partial charge in [-0.3, -0.25) is 0 Å². The summed E-state index contributed by atoms with van der Waals surface area (Å²) in [6.45, 7) is 2.14. The SMILES string of the molecule is COc1ccccc1-c1nnc(CCNS(=O)(=O)Cc2ccc(C)cc2)o1. The molecule has 0 unspecified atom stereocenters. The summed E-state index contributed by atoms with van der Waals surface area (Å²) in [5.74, 6) is 1.26. The van der Waals surface area contributed by atoms with Crippen LogP contribution in [0.25, 0.3) is 11.5 Å². The summed E-state index contributed by atoms with van der Waals surface area (Å²) in [6, 6.07) is 14.7. The number of aromatic nitrogens is 2. The van der Waals surface area contributed by atoms with Crippen molar-refractivity contribution in [1.29, 1.82) is 0 Å². The Morgan fingerprint density at radius 3 is 2.56 bits per heavy atom. The summed E-state index contributed by atoms with van der Waals surface area (Å²) in [7, 11) is -1.87. The number of nitrogens with zero attached hydrogens (tertiary/aromatic N) is 2. The molecule has 8 heteroatoms. The minimum Gasteiger partial charge on any atom is -0.496 e. The predicted molar refractivity (Wildman–Crippen MR) is 102 cm³/mol. The van der Waals surface area contributed by atoms with Gasteiger partial charge in [-0.25, -0.2) is 13.1 Å². The zero-order valence-corrected chi connectivity index (χ0v) is 16.0. The average Bonchev–Trinajstić information content (AvgIpc) is 3.12. The molecule has 0 aliphatic carbocycles. The van der Waals surface area contributed by atoms with Crippen LogP contribution in [0.5, 0.6) is 5.75 Å². The molecule has 142 valence electrons. The molecule has 0 amide bonds. The van der Waals surface area contributed by atoms with E-state index in [2.05, 4.69) is 14.9 Å². The van der Waals surface area contributed by atoms with Crippen molar-refractivity contribution in [1.82, 2.24) is 14.9 Å². The Bertz CT molecular complexity index is 998. The number of nitrogens with one attached hydrogen (secondary N) is 1. The maximum absolute atomic E-state index is 12.2. The van der Waals surface area contributed by atoms with Crippen LogP contribution in [-0.4, -0.2) is 32.3 Å². The molecule has 0 bridgehead atoms. The van der Waals surface area contributed by atoms with Gasteiger partial charge in [-0.05, 0) is 24.6 Å². The van der Waals surface area contributed by atoms with Crippen molar-refractivity contribution >= 4 is 10.0 Å². The lowest BCUT2D eigenvalue weighted by Crippen LogP contribution is -2.27. The first-order chi connectivity index (χ1) is 13.0. The maximum atomic E-state index is 12.2. The quantitative estimate of drug-likeness (QED) is 0.639. The molecule has 1 heterocycles. The number of methoxy groups -OCH3 is 1. The Morgan fingerprint density at radius 1 is 1.07 bits per heavy atom. The zero-order valence-electron chi connectivity index (χ0n) is 15.2. The van der Waals surface area contributed by atoms with Crippen LogP contribution in [0.4, 0.5) is 0 Å². The molecule has 27 heavy (non-hydrogen) atoms. The lowest BCUT2D eigenvalue weighted by molar-refractivity contribution is 0.413. The van der Waals surface area contributed by atoms with Crippen molar-refractivity contribution in [3.8, 4) is 17.2 Å². The normalized spacial score (nSPS) is 11.5. The number of sulfonamides is 1. The third-order valence-electron chi connectivity index (χ3n) is 3.94. The smallest absolute Gasteiger partial charge is 0.251 e. The molecule has 1 aromatic heterocycles. The topological polar surface area (TPSA) is 94.3 Å². The fraction of sp³-hybridized carbons (Fsp3) is 0.263. The first-order valence-electron chi connectivity index (χ1n) is 8.45. The Morgan fingerprint density at radius 2 is 1.81 bits per heavy atom. The summed E-state index contributed by atoms with van der Waals surface area (Å²) in [6.07, 6.45) is 0.301. The number of rotatable bonds is 8. The molecule has 0 spiro atoms. The van der Waals surface area contributed by atoms with E-state index in [9.17, 15) is 8.42 Å². The molecule has 7 nitrogen and oxygen atoms in total. The van der Waals surface area contributed by atoms with Crippen molar-refractivity contribution in [2.75, 3.05) is 13.7 Å². The molecule has 0 atom stereocenters. The summed E-state index contributed by atoms with van der Waals surface area (Å²) in [5.41, 5.74) is 2.52. The second-order valence-electron chi connectivity index (χ2n) is 6.09. The van der Waals surface area contributed by atoms with Crippen molar-refractivity contribution < 1.29 is 17.6 Å². The number of para-hydroxylation sites is 1. The molecule has 3 aromatic rings. The lowest BCUT2D eigenvalue weighted by Gasteiger charge is -2.06. The highest BCUT2D eigenvalue weighted by atomic mass is 32.2. The second-order valence-corrected chi connectivity index (χ2v) is 7.90. The monoisotopic (exact) mass is 387 g/mol. The van der Waals surface area contributed by atoms with Crippen LogP contribution >= 0.6 is 0 Å². The average molecular weight is 387 g/mol. The van der Waals surface area contributed by atoms with Crippen molar-refractivity contribution in [2.45, 2.75) is 19.1 Å². The molecular formula is C19H21N3O4S. The maximum Gasteiger partial charge on any atom is 0.251 e. The van der Waals surface area contributed by atoms with Gasteiger partial charge in [-0.1, -0.05) is 42.0 Å². The molecule has 1 N–H and O–H groups in total. The standard InChI is InChI=1S/C19H21N3O4S/c1-14-7-9-15(10-8-14)13-27(23,24)20-12-11-18-21-22-19(26-18)16-5-3-4-6-17(16)25-2/h3-10,20H,11-13H2,1-2H3. The third kappa shape index (κ3) is 5.15. The third-order valence-corrected chi connectivity index (χ3v) is 5.30. The van der Waals surface area contributed by atoms with E-state index in [1.165, 1.54) is 0 Å². The van der Waals surface area contributed by atoms with Crippen LogP contribution in [0.2, 0.25) is 0 Å². The van der Waals surface area contributed by atoms with Gasteiger partial charge in [-0.15, -0.1) is 10.2 Å². The molecule has 0 radical (unpaired) electrons. The minimum atomic E-state index is -3.43. The zero-order chi connectivity index (χ0) is 19.3. The number of ether oxygens (including phenoxy) is 1. The molecule has 3 rings (SSSR count). The van der Waals surface area contributed by atoms with Gasteiger partial charge in [0.25, 0.3) is 5.89 Å². The molecule has 2 aromatic carbocycles.